The van der Waals surface area contributed by atoms with Gasteiger partial charge in [-0.1, -0.05) is 13.8 Å². The third-order valence-electron chi connectivity index (χ3n) is 2.65. The van der Waals surface area contributed by atoms with Crippen LogP contribution < -0.4 is 15.8 Å². The number of benzene rings is 1. The highest BCUT2D eigenvalue weighted by molar-refractivity contribution is 7.89. The second-order valence-electron chi connectivity index (χ2n) is 4.01. The first-order chi connectivity index (χ1) is 8.53. The highest BCUT2D eigenvalue weighted by atomic mass is 32.2. The molecule has 0 fully saturated rings. The van der Waals surface area contributed by atoms with Gasteiger partial charge in [-0.25, -0.2) is 13.1 Å². The molecule has 0 aliphatic carbocycles. The molecule has 1 aromatic rings. The van der Waals surface area contributed by atoms with E-state index in [1.165, 1.54) is 0 Å². The first-order valence-electron chi connectivity index (χ1n) is 6.09. The van der Waals surface area contributed by atoms with Gasteiger partial charge in [-0.15, -0.1) is 0 Å². The average Bonchev–Trinajstić information content (AvgIpc) is 2.36. The van der Waals surface area contributed by atoms with E-state index in [0.29, 0.717) is 13.1 Å². The number of nitrogens with one attached hydrogen (secondary N) is 2. The van der Waals surface area contributed by atoms with Crippen molar-refractivity contribution in [1.82, 2.24) is 4.72 Å². The Kier molecular flexibility index (Phi) is 5.58. The third-order valence-corrected chi connectivity index (χ3v) is 4.21. The standard InChI is InChI=1S/C12H21N3O2S/c1-3-10(9-13)15-11-5-7-12(8-6-11)18(16,17)14-4-2/h5-8,10,14-15H,3-4,9,13H2,1-2H3. The fourth-order valence-electron chi connectivity index (χ4n) is 1.57. The molecule has 0 radical (unpaired) electrons. The number of hydrogen-bond acceptors (Lipinski definition) is 4. The minimum absolute atomic E-state index is 0.209. The Balaban J connectivity index is 2.80. The van der Waals surface area contributed by atoms with Gasteiger partial charge in [-0.3, -0.25) is 0 Å². The molecular formula is C12H21N3O2S. The molecule has 102 valence electrons. The average molecular weight is 271 g/mol. The minimum Gasteiger partial charge on any atom is -0.381 e. The second-order valence-corrected chi connectivity index (χ2v) is 5.78. The van der Waals surface area contributed by atoms with Crippen LogP contribution in [0.15, 0.2) is 29.2 Å². The molecule has 1 aromatic carbocycles. The van der Waals surface area contributed by atoms with Crippen LogP contribution in [0.1, 0.15) is 20.3 Å². The lowest BCUT2D eigenvalue weighted by Gasteiger charge is -2.16. The molecule has 0 saturated carbocycles. The summed E-state index contributed by atoms with van der Waals surface area (Å²) in [5, 5.41) is 3.25. The number of sulfonamides is 1. The summed E-state index contributed by atoms with van der Waals surface area (Å²) in [6, 6.07) is 6.89. The maximum Gasteiger partial charge on any atom is 0.240 e. The largest absolute Gasteiger partial charge is 0.381 e. The lowest BCUT2D eigenvalue weighted by Crippen LogP contribution is -2.28. The van der Waals surface area contributed by atoms with Crippen LogP contribution in [0.4, 0.5) is 5.69 Å². The summed E-state index contributed by atoms with van der Waals surface area (Å²) in [7, 11) is -3.37. The van der Waals surface area contributed by atoms with Gasteiger partial charge >= 0.3 is 0 Å². The van der Waals surface area contributed by atoms with Crippen molar-refractivity contribution in [2.45, 2.75) is 31.2 Å². The minimum atomic E-state index is -3.37. The monoisotopic (exact) mass is 271 g/mol. The molecule has 0 aliphatic heterocycles. The van der Waals surface area contributed by atoms with E-state index < -0.39 is 10.0 Å². The quantitative estimate of drug-likeness (QED) is 0.694. The van der Waals surface area contributed by atoms with E-state index in [4.69, 9.17) is 5.73 Å². The van der Waals surface area contributed by atoms with Crippen molar-refractivity contribution in [3.8, 4) is 0 Å². The lowest BCUT2D eigenvalue weighted by molar-refractivity contribution is 0.584. The van der Waals surface area contributed by atoms with Crippen molar-refractivity contribution in [3.63, 3.8) is 0 Å². The zero-order valence-corrected chi connectivity index (χ0v) is 11.6. The fraction of sp³-hybridized carbons (Fsp3) is 0.500. The van der Waals surface area contributed by atoms with Crippen molar-refractivity contribution in [1.29, 1.82) is 0 Å². The maximum absolute atomic E-state index is 11.7. The van der Waals surface area contributed by atoms with Crippen LogP contribution in [0, 0.1) is 0 Å². The molecule has 1 rings (SSSR count). The molecule has 0 saturated heterocycles. The van der Waals surface area contributed by atoms with Crippen LogP contribution in [-0.4, -0.2) is 27.5 Å². The summed E-state index contributed by atoms with van der Waals surface area (Å²) in [6.07, 6.45) is 0.925. The smallest absolute Gasteiger partial charge is 0.240 e. The summed E-state index contributed by atoms with van der Waals surface area (Å²) in [5.41, 5.74) is 6.48. The molecule has 4 N–H and O–H groups in total. The van der Waals surface area contributed by atoms with Gasteiger partial charge in [0.1, 0.15) is 0 Å². The van der Waals surface area contributed by atoms with Crippen LogP contribution in [0.25, 0.3) is 0 Å². The third kappa shape index (κ3) is 3.97. The van der Waals surface area contributed by atoms with Gasteiger partial charge in [-0.2, -0.15) is 0 Å². The maximum atomic E-state index is 11.7. The summed E-state index contributed by atoms with van der Waals surface area (Å²) in [6.45, 7) is 4.73. The Morgan fingerprint density at radius 3 is 2.28 bits per heavy atom. The molecule has 0 spiro atoms. The van der Waals surface area contributed by atoms with E-state index in [9.17, 15) is 8.42 Å². The summed E-state index contributed by atoms with van der Waals surface area (Å²) >= 11 is 0. The molecule has 1 unspecified atom stereocenters. The number of hydrogen-bond donors (Lipinski definition) is 3. The van der Waals surface area contributed by atoms with E-state index in [1.54, 1.807) is 31.2 Å². The predicted octanol–water partition coefficient (Wildman–Crippen LogP) is 1.13. The van der Waals surface area contributed by atoms with Gasteiger partial charge < -0.3 is 11.1 Å². The van der Waals surface area contributed by atoms with Crippen LogP contribution >= 0.6 is 0 Å². The SMILES string of the molecule is CCNS(=O)(=O)c1ccc(NC(CC)CN)cc1. The zero-order valence-electron chi connectivity index (χ0n) is 10.8. The van der Waals surface area contributed by atoms with E-state index in [-0.39, 0.29) is 10.9 Å². The second kappa shape index (κ2) is 6.72. The molecule has 18 heavy (non-hydrogen) atoms. The molecular weight excluding hydrogens is 250 g/mol. The Morgan fingerprint density at radius 2 is 1.83 bits per heavy atom. The zero-order chi connectivity index (χ0) is 13.6. The van der Waals surface area contributed by atoms with Crippen molar-refractivity contribution in [2.24, 2.45) is 5.73 Å². The first kappa shape index (κ1) is 14.9. The van der Waals surface area contributed by atoms with Crippen molar-refractivity contribution < 1.29 is 8.42 Å². The highest BCUT2D eigenvalue weighted by Crippen LogP contribution is 2.15. The Bertz CT molecular complexity index is 453. The van der Waals surface area contributed by atoms with Crippen LogP contribution in [0.5, 0.6) is 0 Å². The molecule has 6 heteroatoms. The van der Waals surface area contributed by atoms with Crippen molar-refractivity contribution >= 4 is 15.7 Å². The number of anilines is 1. The molecule has 1 atom stereocenters. The molecule has 0 bridgehead atoms. The van der Waals surface area contributed by atoms with Crippen molar-refractivity contribution in [3.05, 3.63) is 24.3 Å². The normalized spacial score (nSPS) is 13.3. The van der Waals surface area contributed by atoms with Gasteiger partial charge in [0, 0.05) is 24.8 Å². The summed E-state index contributed by atoms with van der Waals surface area (Å²) in [5.74, 6) is 0. The van der Waals surface area contributed by atoms with E-state index >= 15 is 0 Å². The van der Waals surface area contributed by atoms with Gasteiger partial charge in [0.25, 0.3) is 0 Å². The molecule has 0 amide bonds. The lowest BCUT2D eigenvalue weighted by atomic mass is 10.2. The topological polar surface area (TPSA) is 84.2 Å². The van der Waals surface area contributed by atoms with Gasteiger partial charge in [0.15, 0.2) is 0 Å². The van der Waals surface area contributed by atoms with Crippen LogP contribution in [-0.2, 0) is 10.0 Å². The van der Waals surface area contributed by atoms with Gasteiger partial charge in [0.05, 0.1) is 4.90 Å². The van der Waals surface area contributed by atoms with Gasteiger partial charge in [-0.05, 0) is 30.7 Å². The Morgan fingerprint density at radius 1 is 1.22 bits per heavy atom. The molecule has 5 nitrogen and oxygen atoms in total. The van der Waals surface area contributed by atoms with Crippen LogP contribution in [0.3, 0.4) is 0 Å². The predicted molar refractivity (Wildman–Crippen MR) is 74.1 cm³/mol. The molecule has 0 aliphatic rings. The van der Waals surface area contributed by atoms with Crippen molar-refractivity contribution in [2.75, 3.05) is 18.4 Å². The summed E-state index contributed by atoms with van der Waals surface area (Å²) < 4.78 is 25.9. The first-order valence-corrected chi connectivity index (χ1v) is 7.58. The fourth-order valence-corrected chi connectivity index (χ4v) is 2.61. The molecule has 0 heterocycles. The van der Waals surface area contributed by atoms with E-state index in [2.05, 4.69) is 17.0 Å². The van der Waals surface area contributed by atoms with Crippen LogP contribution in [0.2, 0.25) is 0 Å². The number of rotatable bonds is 7. The summed E-state index contributed by atoms with van der Waals surface area (Å²) in [4.78, 5) is 0.274. The molecule has 0 aromatic heterocycles. The number of nitrogens with two attached hydrogens (primary N) is 1. The van der Waals surface area contributed by atoms with E-state index in [1.807, 2.05) is 0 Å². The van der Waals surface area contributed by atoms with E-state index in [0.717, 1.165) is 12.1 Å². The van der Waals surface area contributed by atoms with Gasteiger partial charge in [0.2, 0.25) is 10.0 Å². The highest BCUT2D eigenvalue weighted by Gasteiger charge is 2.12. The Labute approximate surface area is 109 Å². The Hall–Kier alpha value is -1.11.